The zero-order valence-corrected chi connectivity index (χ0v) is 13.4. The Balaban J connectivity index is 1.92. The zero-order chi connectivity index (χ0) is 14.4. The smallest absolute Gasteiger partial charge is 0.216 e. The monoisotopic (exact) mass is 314 g/mol. The summed E-state index contributed by atoms with van der Waals surface area (Å²) >= 11 is 3.58. The zero-order valence-electron chi connectivity index (χ0n) is 11.8. The number of carbonyl (C=O) groups excluding carboxylic acids is 1. The Hall–Kier alpha value is -0.790. The van der Waals surface area contributed by atoms with Crippen LogP contribution in [0.25, 0.3) is 0 Å². The summed E-state index contributed by atoms with van der Waals surface area (Å²) in [5.74, 6) is 2.49. The quantitative estimate of drug-likeness (QED) is 0.834. The molecule has 2 heterocycles. The Bertz CT molecular complexity index is 432. The number of thioether (sulfide) groups is 1. The molecular weight excluding hydrogens is 292 g/mol. The highest BCUT2D eigenvalue weighted by atomic mass is 32.2. The molecule has 2 rings (SSSR count). The van der Waals surface area contributed by atoms with Gasteiger partial charge in [-0.25, -0.2) is 4.98 Å². The van der Waals surface area contributed by atoms with E-state index in [1.807, 2.05) is 18.0 Å². The van der Waals surface area contributed by atoms with Crippen LogP contribution < -0.4 is 11.1 Å². The maximum Gasteiger partial charge on any atom is 0.216 e. The molecule has 20 heavy (non-hydrogen) atoms. The van der Waals surface area contributed by atoms with Crippen molar-refractivity contribution in [1.82, 2.24) is 15.2 Å². The average molecular weight is 314 g/mol. The second-order valence-electron chi connectivity index (χ2n) is 4.96. The second-order valence-corrected chi connectivity index (χ2v) is 7.33. The molecule has 0 aromatic carbocycles. The van der Waals surface area contributed by atoms with E-state index in [9.17, 15) is 4.79 Å². The number of nitrogens with two attached hydrogens (primary N) is 1. The van der Waals surface area contributed by atoms with Crippen molar-refractivity contribution in [2.24, 2.45) is 0 Å². The first kappa shape index (κ1) is 15.6. The fraction of sp³-hybridized carbons (Fsp3) is 0.692. The molecule has 1 aliphatic rings. The van der Waals surface area contributed by atoms with Crippen LogP contribution in [-0.2, 0) is 11.3 Å². The van der Waals surface area contributed by atoms with Crippen LogP contribution in [0.2, 0.25) is 0 Å². The molecule has 3 N–H and O–H groups in total. The summed E-state index contributed by atoms with van der Waals surface area (Å²) in [6.07, 6.45) is 4.31. The first-order valence-electron chi connectivity index (χ1n) is 6.91. The molecule has 0 saturated carbocycles. The van der Waals surface area contributed by atoms with Gasteiger partial charge in [0, 0.05) is 43.7 Å². The van der Waals surface area contributed by atoms with Crippen molar-refractivity contribution >= 4 is 34.1 Å². The Morgan fingerprint density at radius 1 is 1.55 bits per heavy atom. The molecule has 1 saturated heterocycles. The summed E-state index contributed by atoms with van der Waals surface area (Å²) in [4.78, 5) is 18.8. The number of anilines is 1. The van der Waals surface area contributed by atoms with Gasteiger partial charge in [-0.3, -0.25) is 9.69 Å². The van der Waals surface area contributed by atoms with Crippen molar-refractivity contribution in [2.45, 2.75) is 32.4 Å². The first-order valence-corrected chi connectivity index (χ1v) is 8.88. The summed E-state index contributed by atoms with van der Waals surface area (Å²) in [6.45, 7) is 4.02. The molecule has 5 nitrogen and oxygen atoms in total. The number of thiazole rings is 1. The van der Waals surface area contributed by atoms with Gasteiger partial charge in [-0.2, -0.15) is 11.8 Å². The van der Waals surface area contributed by atoms with Gasteiger partial charge < -0.3 is 11.1 Å². The minimum atomic E-state index is 0.0335. The summed E-state index contributed by atoms with van der Waals surface area (Å²) in [5.41, 5.74) is 5.70. The van der Waals surface area contributed by atoms with Crippen molar-refractivity contribution in [3.63, 3.8) is 0 Å². The summed E-state index contributed by atoms with van der Waals surface area (Å²) in [6, 6.07) is 0.605. The van der Waals surface area contributed by atoms with E-state index in [1.54, 1.807) is 18.3 Å². The van der Waals surface area contributed by atoms with Gasteiger partial charge in [0.25, 0.3) is 0 Å². The average Bonchev–Trinajstić information content (AvgIpc) is 2.84. The van der Waals surface area contributed by atoms with E-state index in [4.69, 9.17) is 5.73 Å². The second kappa shape index (κ2) is 7.85. The molecule has 0 atom stereocenters. The predicted octanol–water partition coefficient (Wildman–Crippen LogP) is 1.56. The van der Waals surface area contributed by atoms with Gasteiger partial charge in [-0.1, -0.05) is 0 Å². The maximum absolute atomic E-state index is 11.0. The third-order valence-electron chi connectivity index (χ3n) is 3.41. The summed E-state index contributed by atoms with van der Waals surface area (Å²) < 4.78 is 0. The van der Waals surface area contributed by atoms with Crippen LogP contribution in [0, 0.1) is 0 Å². The van der Waals surface area contributed by atoms with Gasteiger partial charge in [0.1, 0.15) is 0 Å². The topological polar surface area (TPSA) is 71.2 Å². The van der Waals surface area contributed by atoms with Crippen LogP contribution in [0.4, 0.5) is 5.13 Å². The number of hydrogen-bond donors (Lipinski definition) is 2. The van der Waals surface area contributed by atoms with E-state index in [-0.39, 0.29) is 5.91 Å². The van der Waals surface area contributed by atoms with Crippen molar-refractivity contribution in [1.29, 1.82) is 0 Å². The molecule has 0 bridgehead atoms. The molecule has 7 heteroatoms. The predicted molar refractivity (Wildman–Crippen MR) is 86.0 cm³/mol. The SMILES string of the molecule is CC(=O)NCCN(Cc1cnc(N)s1)C1CCSCC1. The van der Waals surface area contributed by atoms with Crippen molar-refractivity contribution in [2.75, 3.05) is 30.3 Å². The highest BCUT2D eigenvalue weighted by molar-refractivity contribution is 7.99. The van der Waals surface area contributed by atoms with Crippen molar-refractivity contribution in [3.8, 4) is 0 Å². The molecule has 0 unspecified atom stereocenters. The molecule has 1 aliphatic heterocycles. The van der Waals surface area contributed by atoms with Crippen LogP contribution >= 0.6 is 23.1 Å². The molecule has 112 valence electrons. The van der Waals surface area contributed by atoms with E-state index in [2.05, 4.69) is 15.2 Å². The number of aromatic nitrogens is 1. The lowest BCUT2D eigenvalue weighted by Gasteiger charge is -2.33. The largest absolute Gasteiger partial charge is 0.375 e. The number of nitrogen functional groups attached to an aromatic ring is 1. The van der Waals surface area contributed by atoms with Gasteiger partial charge in [0.2, 0.25) is 5.91 Å². The lowest BCUT2D eigenvalue weighted by molar-refractivity contribution is -0.119. The molecule has 1 aromatic rings. The third-order valence-corrected chi connectivity index (χ3v) is 5.27. The Morgan fingerprint density at radius 3 is 2.90 bits per heavy atom. The van der Waals surface area contributed by atoms with E-state index in [0.717, 1.165) is 13.1 Å². The van der Waals surface area contributed by atoms with Crippen LogP contribution in [0.3, 0.4) is 0 Å². The number of rotatable bonds is 6. The summed E-state index contributed by atoms with van der Waals surface area (Å²) in [7, 11) is 0. The fourth-order valence-corrected chi connectivity index (χ4v) is 4.20. The number of nitrogens with zero attached hydrogens (tertiary/aromatic N) is 2. The first-order chi connectivity index (χ1) is 9.65. The standard InChI is InChI=1S/C13H22N4OS2/c1-10(18)15-4-5-17(11-2-6-19-7-3-11)9-12-8-16-13(14)20-12/h8,11H,2-7,9H2,1H3,(H2,14,16)(H,15,18). The molecule has 0 aliphatic carbocycles. The highest BCUT2D eigenvalue weighted by Gasteiger charge is 2.21. The number of nitrogens with one attached hydrogen (secondary N) is 1. The number of carbonyl (C=O) groups is 1. The lowest BCUT2D eigenvalue weighted by atomic mass is 10.1. The van der Waals surface area contributed by atoms with Gasteiger partial charge in [0.05, 0.1) is 0 Å². The number of hydrogen-bond acceptors (Lipinski definition) is 6. The van der Waals surface area contributed by atoms with Crippen LogP contribution in [-0.4, -0.2) is 46.4 Å². The molecule has 1 amide bonds. The van der Waals surface area contributed by atoms with Crippen molar-refractivity contribution < 1.29 is 4.79 Å². The third kappa shape index (κ3) is 4.96. The van der Waals surface area contributed by atoms with E-state index in [0.29, 0.717) is 17.7 Å². The highest BCUT2D eigenvalue weighted by Crippen LogP contribution is 2.24. The minimum absolute atomic E-state index is 0.0335. The Labute approximate surface area is 128 Å². The Morgan fingerprint density at radius 2 is 2.30 bits per heavy atom. The number of amides is 1. The molecular formula is C13H22N4OS2. The molecule has 1 fully saturated rings. The maximum atomic E-state index is 11.0. The fourth-order valence-electron chi connectivity index (χ4n) is 2.41. The van der Waals surface area contributed by atoms with Crippen LogP contribution in [0.15, 0.2) is 6.20 Å². The normalized spacial score (nSPS) is 16.5. The minimum Gasteiger partial charge on any atom is -0.375 e. The molecule has 1 aromatic heterocycles. The van der Waals surface area contributed by atoms with Gasteiger partial charge in [-0.15, -0.1) is 11.3 Å². The van der Waals surface area contributed by atoms with E-state index in [1.165, 1.54) is 29.2 Å². The summed E-state index contributed by atoms with van der Waals surface area (Å²) in [5, 5.41) is 3.51. The van der Waals surface area contributed by atoms with Crippen molar-refractivity contribution in [3.05, 3.63) is 11.1 Å². The molecule has 0 radical (unpaired) electrons. The Kier molecular flexibility index (Phi) is 6.12. The van der Waals surface area contributed by atoms with Crippen LogP contribution in [0.5, 0.6) is 0 Å². The lowest BCUT2D eigenvalue weighted by Crippen LogP contribution is -2.41. The van der Waals surface area contributed by atoms with Gasteiger partial charge >= 0.3 is 0 Å². The van der Waals surface area contributed by atoms with Gasteiger partial charge in [0.15, 0.2) is 5.13 Å². The van der Waals surface area contributed by atoms with E-state index >= 15 is 0 Å². The molecule has 0 spiro atoms. The van der Waals surface area contributed by atoms with E-state index < -0.39 is 0 Å². The van der Waals surface area contributed by atoms with Crippen LogP contribution in [0.1, 0.15) is 24.6 Å². The van der Waals surface area contributed by atoms with Gasteiger partial charge in [-0.05, 0) is 24.3 Å².